The summed E-state index contributed by atoms with van der Waals surface area (Å²) in [5, 5.41) is 0. The molecule has 5 heteroatoms. The molecule has 14 heavy (non-hydrogen) atoms. The normalized spacial score (nSPS) is 11.4. The average Bonchev–Trinajstić information content (AvgIpc) is 2.07. The third kappa shape index (κ3) is 2.97. The molecule has 0 aliphatic rings. The van der Waals surface area contributed by atoms with E-state index in [1.807, 2.05) is 22.6 Å². The molecule has 0 spiro atoms. The molecule has 0 atom stereocenters. The second-order valence-electron chi connectivity index (χ2n) is 2.69. The molecule has 76 valence electrons. The fourth-order valence-electron chi connectivity index (χ4n) is 0.915. The number of ketones is 1. The quantitative estimate of drug-likeness (QED) is 0.767. The molecule has 0 radical (unpaired) electrons. The zero-order chi connectivity index (χ0) is 10.8. The molecule has 0 saturated carbocycles. The average molecular weight is 314 g/mol. The number of halogens is 4. The summed E-state index contributed by atoms with van der Waals surface area (Å²) in [7, 11) is 0. The van der Waals surface area contributed by atoms with Gasteiger partial charge in [0.15, 0.2) is 0 Å². The van der Waals surface area contributed by atoms with Crippen LogP contribution >= 0.6 is 22.6 Å². The summed E-state index contributed by atoms with van der Waals surface area (Å²) in [5.74, 6) is -1.71. The van der Waals surface area contributed by atoms with E-state index in [4.69, 9.17) is 0 Å². The number of Topliss-reactive ketones (excluding diaryl/α,β-unsaturated/α-hetero) is 1. The Hall–Kier alpha value is -0.590. The Kier molecular flexibility index (Phi) is 3.52. The Bertz CT molecular complexity index is 346. The van der Waals surface area contributed by atoms with Crippen LogP contribution in [0.25, 0.3) is 0 Å². The molecule has 0 amide bonds. The van der Waals surface area contributed by atoms with Crippen molar-refractivity contribution in [2.24, 2.45) is 0 Å². The first kappa shape index (κ1) is 11.5. The van der Waals surface area contributed by atoms with Crippen LogP contribution in [0.4, 0.5) is 13.2 Å². The lowest BCUT2D eigenvalue weighted by molar-refractivity contribution is -0.170. The summed E-state index contributed by atoms with van der Waals surface area (Å²) in [6, 6.07) is 6.51. The van der Waals surface area contributed by atoms with E-state index in [1.54, 1.807) is 18.2 Å². The van der Waals surface area contributed by atoms with Crippen LogP contribution in [0.15, 0.2) is 24.3 Å². The number of hydrogen-bond acceptors (Lipinski definition) is 1. The van der Waals surface area contributed by atoms with Crippen molar-refractivity contribution in [1.29, 1.82) is 0 Å². The van der Waals surface area contributed by atoms with Crippen LogP contribution in [0, 0.1) is 3.57 Å². The predicted molar refractivity (Wildman–Crippen MR) is 53.9 cm³/mol. The highest BCUT2D eigenvalue weighted by molar-refractivity contribution is 14.1. The lowest BCUT2D eigenvalue weighted by Crippen LogP contribution is -2.24. The molecule has 0 aliphatic heterocycles. The van der Waals surface area contributed by atoms with Gasteiger partial charge in [0, 0.05) is 9.99 Å². The first-order chi connectivity index (χ1) is 6.41. The van der Waals surface area contributed by atoms with Gasteiger partial charge in [0.2, 0.25) is 5.78 Å². The zero-order valence-corrected chi connectivity index (χ0v) is 9.09. The van der Waals surface area contributed by atoms with Crippen LogP contribution in [0.1, 0.15) is 5.56 Å². The molecular weight excluding hydrogens is 308 g/mol. The van der Waals surface area contributed by atoms with Gasteiger partial charge in [0.05, 0.1) is 0 Å². The molecule has 0 aromatic heterocycles. The van der Waals surface area contributed by atoms with E-state index in [2.05, 4.69) is 0 Å². The Morgan fingerprint density at radius 3 is 2.36 bits per heavy atom. The molecule has 0 heterocycles. The number of hydrogen-bond donors (Lipinski definition) is 0. The largest absolute Gasteiger partial charge is 0.450 e. The monoisotopic (exact) mass is 314 g/mol. The van der Waals surface area contributed by atoms with E-state index in [0.717, 1.165) is 0 Å². The number of carbonyl (C=O) groups excluding carboxylic acids is 1. The molecule has 0 fully saturated rings. The van der Waals surface area contributed by atoms with Gasteiger partial charge in [-0.05, 0) is 34.2 Å². The van der Waals surface area contributed by atoms with E-state index in [9.17, 15) is 18.0 Å². The van der Waals surface area contributed by atoms with E-state index in [1.165, 1.54) is 6.07 Å². The van der Waals surface area contributed by atoms with Crippen molar-refractivity contribution >= 4 is 28.4 Å². The smallest absolute Gasteiger partial charge is 0.289 e. The molecule has 0 bridgehead atoms. The summed E-state index contributed by atoms with van der Waals surface area (Å²) in [4.78, 5) is 10.7. The highest BCUT2D eigenvalue weighted by Crippen LogP contribution is 2.20. The number of alkyl halides is 3. The number of rotatable bonds is 2. The first-order valence-corrected chi connectivity index (χ1v) is 4.82. The topological polar surface area (TPSA) is 17.1 Å². The van der Waals surface area contributed by atoms with E-state index >= 15 is 0 Å². The predicted octanol–water partition coefficient (Wildman–Crippen LogP) is 2.97. The maximum atomic E-state index is 11.9. The molecule has 0 N–H and O–H groups in total. The molecule has 0 saturated heterocycles. The number of carbonyl (C=O) groups is 1. The second-order valence-corrected chi connectivity index (χ2v) is 3.85. The van der Waals surface area contributed by atoms with Crippen LogP contribution in [0.5, 0.6) is 0 Å². The van der Waals surface area contributed by atoms with Gasteiger partial charge in [-0.25, -0.2) is 0 Å². The van der Waals surface area contributed by atoms with E-state index in [-0.39, 0.29) is 0 Å². The lowest BCUT2D eigenvalue weighted by Gasteiger charge is -2.06. The molecular formula is C9H6F3IO. The molecule has 0 unspecified atom stereocenters. The van der Waals surface area contributed by atoms with Crippen molar-refractivity contribution in [2.75, 3.05) is 0 Å². The van der Waals surface area contributed by atoms with Gasteiger partial charge in [0.1, 0.15) is 0 Å². The van der Waals surface area contributed by atoms with Crippen molar-refractivity contribution in [1.82, 2.24) is 0 Å². The van der Waals surface area contributed by atoms with Gasteiger partial charge in [-0.2, -0.15) is 13.2 Å². The van der Waals surface area contributed by atoms with Crippen LogP contribution in [0.3, 0.4) is 0 Å². The Labute approximate surface area is 92.4 Å². The van der Waals surface area contributed by atoms with Gasteiger partial charge in [-0.3, -0.25) is 4.79 Å². The minimum absolute atomic E-state index is 0.412. The van der Waals surface area contributed by atoms with Crippen molar-refractivity contribution in [3.63, 3.8) is 0 Å². The summed E-state index contributed by atoms with van der Waals surface area (Å²) >= 11 is 1.90. The van der Waals surface area contributed by atoms with E-state index < -0.39 is 18.4 Å². The van der Waals surface area contributed by atoms with Crippen molar-refractivity contribution in [3.8, 4) is 0 Å². The fourth-order valence-corrected chi connectivity index (χ4v) is 1.49. The minimum Gasteiger partial charge on any atom is -0.289 e. The summed E-state index contributed by atoms with van der Waals surface area (Å²) < 4.78 is 36.4. The molecule has 1 aromatic rings. The van der Waals surface area contributed by atoms with Crippen molar-refractivity contribution < 1.29 is 18.0 Å². The molecule has 1 aromatic carbocycles. The van der Waals surface area contributed by atoms with Crippen LogP contribution < -0.4 is 0 Å². The lowest BCUT2D eigenvalue weighted by atomic mass is 10.1. The van der Waals surface area contributed by atoms with Crippen LogP contribution in [-0.4, -0.2) is 12.0 Å². The minimum atomic E-state index is -4.74. The van der Waals surface area contributed by atoms with Crippen LogP contribution in [-0.2, 0) is 11.2 Å². The van der Waals surface area contributed by atoms with Crippen molar-refractivity contribution in [2.45, 2.75) is 12.6 Å². The van der Waals surface area contributed by atoms with Gasteiger partial charge in [-0.1, -0.05) is 18.2 Å². The van der Waals surface area contributed by atoms with Crippen LogP contribution in [0.2, 0.25) is 0 Å². The first-order valence-electron chi connectivity index (χ1n) is 3.74. The SMILES string of the molecule is O=C(Cc1ccccc1I)C(F)(F)F. The Morgan fingerprint density at radius 2 is 1.86 bits per heavy atom. The van der Waals surface area contributed by atoms with Gasteiger partial charge in [0.25, 0.3) is 0 Å². The Balaban J connectivity index is 2.80. The third-order valence-corrected chi connectivity index (χ3v) is 2.68. The zero-order valence-electron chi connectivity index (χ0n) is 6.94. The second kappa shape index (κ2) is 4.29. The standard InChI is InChI=1S/C9H6F3IO/c10-9(11,12)8(14)5-6-3-1-2-4-7(6)13/h1-4H,5H2. The highest BCUT2D eigenvalue weighted by Gasteiger charge is 2.37. The summed E-state index contributed by atoms with van der Waals surface area (Å²) in [6.07, 6.45) is -5.32. The molecule has 1 rings (SSSR count). The van der Waals surface area contributed by atoms with Gasteiger partial charge >= 0.3 is 6.18 Å². The summed E-state index contributed by atoms with van der Waals surface area (Å²) in [6.45, 7) is 0. The summed E-state index contributed by atoms with van der Waals surface area (Å²) in [5.41, 5.74) is 0.412. The number of benzene rings is 1. The van der Waals surface area contributed by atoms with Gasteiger partial charge in [-0.15, -0.1) is 0 Å². The molecule has 0 aliphatic carbocycles. The van der Waals surface area contributed by atoms with E-state index in [0.29, 0.717) is 9.13 Å². The maximum Gasteiger partial charge on any atom is 0.450 e. The van der Waals surface area contributed by atoms with Crippen molar-refractivity contribution in [3.05, 3.63) is 33.4 Å². The Morgan fingerprint density at radius 1 is 1.29 bits per heavy atom. The highest BCUT2D eigenvalue weighted by atomic mass is 127. The third-order valence-electron chi connectivity index (χ3n) is 1.63. The maximum absolute atomic E-state index is 11.9. The fraction of sp³-hybridized carbons (Fsp3) is 0.222. The molecule has 1 nitrogen and oxygen atoms in total. The van der Waals surface area contributed by atoms with Gasteiger partial charge < -0.3 is 0 Å².